The van der Waals surface area contributed by atoms with Gasteiger partial charge in [0.2, 0.25) is 5.95 Å². The van der Waals surface area contributed by atoms with Crippen LogP contribution in [0, 0.1) is 0 Å². The highest BCUT2D eigenvalue weighted by Crippen LogP contribution is 2.30. The van der Waals surface area contributed by atoms with Crippen molar-refractivity contribution in [3.8, 4) is 11.7 Å². The Labute approximate surface area is 163 Å². The maximum Gasteiger partial charge on any atom is 0.269 e. The van der Waals surface area contributed by atoms with E-state index in [1.807, 2.05) is 24.3 Å². The lowest BCUT2D eigenvalue weighted by Crippen LogP contribution is -2.22. The third kappa shape index (κ3) is 3.41. The number of H-pyrrole nitrogens is 1. The van der Waals surface area contributed by atoms with Gasteiger partial charge in [-0.3, -0.25) is 4.79 Å². The highest BCUT2D eigenvalue weighted by Gasteiger charge is 2.16. The van der Waals surface area contributed by atoms with Crippen LogP contribution >= 0.6 is 23.4 Å². The highest BCUT2D eigenvalue weighted by atomic mass is 35.5. The van der Waals surface area contributed by atoms with Crippen molar-refractivity contribution in [1.82, 2.24) is 24.7 Å². The summed E-state index contributed by atoms with van der Waals surface area (Å²) in [5.74, 6) is 1.56. The zero-order valence-electron chi connectivity index (χ0n) is 14.2. The lowest BCUT2D eigenvalue weighted by Gasteiger charge is -2.12. The molecule has 9 heteroatoms. The second kappa shape index (κ2) is 7.42. The minimum absolute atomic E-state index is 0.210. The van der Waals surface area contributed by atoms with Crippen LogP contribution in [0.1, 0.15) is 5.56 Å². The first-order valence-corrected chi connectivity index (χ1v) is 9.36. The zero-order chi connectivity index (χ0) is 18.8. The van der Waals surface area contributed by atoms with Crippen LogP contribution in [-0.2, 0) is 5.75 Å². The van der Waals surface area contributed by atoms with Gasteiger partial charge in [-0.25, -0.2) is 14.6 Å². The van der Waals surface area contributed by atoms with Gasteiger partial charge >= 0.3 is 0 Å². The Balaban J connectivity index is 1.80. The monoisotopic (exact) mass is 399 g/mol. The number of benzene rings is 2. The van der Waals surface area contributed by atoms with Gasteiger partial charge in [0.1, 0.15) is 12.1 Å². The van der Waals surface area contributed by atoms with E-state index in [4.69, 9.17) is 16.3 Å². The lowest BCUT2D eigenvalue weighted by atomic mass is 10.2. The molecule has 0 atom stereocenters. The summed E-state index contributed by atoms with van der Waals surface area (Å²) in [5, 5.41) is 8.21. The molecular formula is C18H14ClN5O2S. The molecule has 0 aliphatic rings. The molecule has 4 aromatic rings. The number of aromatic amines is 1. The molecule has 0 unspecified atom stereocenters. The molecule has 0 bridgehead atoms. The maximum atomic E-state index is 13.0. The number of hydrogen-bond donors (Lipinski definition) is 1. The molecule has 0 radical (unpaired) electrons. The molecule has 4 rings (SSSR count). The van der Waals surface area contributed by atoms with Crippen molar-refractivity contribution in [3.63, 3.8) is 0 Å². The molecule has 2 aromatic carbocycles. The van der Waals surface area contributed by atoms with Gasteiger partial charge in [-0.15, -0.1) is 0 Å². The molecule has 2 aromatic heterocycles. The molecule has 0 aliphatic heterocycles. The first kappa shape index (κ1) is 17.6. The molecular weight excluding hydrogens is 386 g/mol. The Morgan fingerprint density at radius 2 is 2.11 bits per heavy atom. The Kier molecular flexibility index (Phi) is 4.83. The van der Waals surface area contributed by atoms with Gasteiger partial charge in [0.15, 0.2) is 5.16 Å². The lowest BCUT2D eigenvalue weighted by molar-refractivity contribution is 0.411. The number of nitrogens with zero attached hydrogens (tertiary/aromatic N) is 4. The largest absolute Gasteiger partial charge is 0.496 e. The molecule has 2 heterocycles. The van der Waals surface area contributed by atoms with E-state index >= 15 is 0 Å². The van der Waals surface area contributed by atoms with Gasteiger partial charge in [0.25, 0.3) is 5.56 Å². The van der Waals surface area contributed by atoms with Crippen LogP contribution in [0.3, 0.4) is 0 Å². The number of methoxy groups -OCH3 is 1. The van der Waals surface area contributed by atoms with Crippen molar-refractivity contribution in [2.45, 2.75) is 10.9 Å². The molecule has 0 saturated carbocycles. The Morgan fingerprint density at radius 1 is 1.26 bits per heavy atom. The summed E-state index contributed by atoms with van der Waals surface area (Å²) in [6.45, 7) is 0. The fourth-order valence-electron chi connectivity index (χ4n) is 2.70. The van der Waals surface area contributed by atoms with Crippen molar-refractivity contribution in [2.75, 3.05) is 7.11 Å². The molecule has 136 valence electrons. The topological polar surface area (TPSA) is 85.7 Å². The zero-order valence-corrected chi connectivity index (χ0v) is 15.8. The summed E-state index contributed by atoms with van der Waals surface area (Å²) >= 11 is 7.50. The van der Waals surface area contributed by atoms with Crippen LogP contribution in [0.25, 0.3) is 16.9 Å². The molecule has 0 aliphatic carbocycles. The minimum atomic E-state index is -0.210. The normalized spacial score (nSPS) is 11.0. The van der Waals surface area contributed by atoms with Crippen molar-refractivity contribution in [2.24, 2.45) is 0 Å². The molecule has 0 saturated heterocycles. The number of nitrogens with one attached hydrogen (secondary N) is 1. The van der Waals surface area contributed by atoms with Gasteiger partial charge in [-0.1, -0.05) is 35.5 Å². The van der Waals surface area contributed by atoms with E-state index in [1.54, 1.807) is 25.3 Å². The quantitative estimate of drug-likeness (QED) is 0.408. The third-order valence-electron chi connectivity index (χ3n) is 3.96. The van der Waals surface area contributed by atoms with Crippen LogP contribution in [0.2, 0.25) is 5.02 Å². The van der Waals surface area contributed by atoms with Crippen molar-refractivity contribution in [1.29, 1.82) is 0 Å². The first-order chi connectivity index (χ1) is 13.2. The molecule has 7 nitrogen and oxygen atoms in total. The number of thioether (sulfide) groups is 1. The summed E-state index contributed by atoms with van der Waals surface area (Å²) in [4.78, 5) is 21.8. The smallest absolute Gasteiger partial charge is 0.269 e. The van der Waals surface area contributed by atoms with Gasteiger partial charge < -0.3 is 4.74 Å². The third-order valence-corrected chi connectivity index (χ3v) is 5.18. The van der Waals surface area contributed by atoms with Crippen LogP contribution in [0.15, 0.2) is 58.7 Å². The summed E-state index contributed by atoms with van der Waals surface area (Å²) in [7, 11) is 1.61. The summed E-state index contributed by atoms with van der Waals surface area (Å²) < 4.78 is 6.82. The van der Waals surface area contributed by atoms with Crippen molar-refractivity contribution >= 4 is 34.3 Å². The SMILES string of the molecule is COc1ccc(Cl)cc1CSc1nc2ccccc2c(=O)n1-c1ncn[nH]1. The van der Waals surface area contributed by atoms with E-state index in [-0.39, 0.29) is 5.56 Å². The number of fused-ring (bicyclic) bond motifs is 1. The second-order valence-electron chi connectivity index (χ2n) is 5.61. The van der Waals surface area contributed by atoms with Crippen molar-refractivity contribution in [3.05, 3.63) is 69.7 Å². The number of halogens is 1. The predicted molar refractivity (Wildman–Crippen MR) is 105 cm³/mol. The number of para-hydroxylation sites is 1. The number of hydrogen-bond acceptors (Lipinski definition) is 6. The predicted octanol–water partition coefficient (Wildman–Crippen LogP) is 3.46. The van der Waals surface area contributed by atoms with Crippen LogP contribution in [0.4, 0.5) is 0 Å². The van der Waals surface area contributed by atoms with E-state index in [0.717, 1.165) is 11.3 Å². The summed E-state index contributed by atoms with van der Waals surface area (Å²) in [6.07, 6.45) is 1.35. The summed E-state index contributed by atoms with van der Waals surface area (Å²) in [5.41, 5.74) is 1.32. The van der Waals surface area contributed by atoms with E-state index in [2.05, 4.69) is 20.2 Å². The van der Waals surface area contributed by atoms with Gasteiger partial charge in [-0.2, -0.15) is 10.1 Å². The number of aromatic nitrogens is 5. The fourth-order valence-corrected chi connectivity index (χ4v) is 3.87. The fraction of sp³-hybridized carbons (Fsp3) is 0.111. The van der Waals surface area contributed by atoms with Crippen LogP contribution in [0.5, 0.6) is 5.75 Å². The summed E-state index contributed by atoms with van der Waals surface area (Å²) in [6, 6.07) is 12.6. The second-order valence-corrected chi connectivity index (χ2v) is 6.98. The minimum Gasteiger partial charge on any atom is -0.496 e. The molecule has 0 amide bonds. The van der Waals surface area contributed by atoms with Crippen molar-refractivity contribution < 1.29 is 4.74 Å². The number of ether oxygens (including phenoxy) is 1. The number of rotatable bonds is 5. The van der Waals surface area contributed by atoms with E-state index in [0.29, 0.717) is 32.8 Å². The van der Waals surface area contributed by atoms with E-state index < -0.39 is 0 Å². The maximum absolute atomic E-state index is 13.0. The molecule has 0 fully saturated rings. The first-order valence-electron chi connectivity index (χ1n) is 8.00. The Hall–Kier alpha value is -2.84. The molecule has 1 N–H and O–H groups in total. The Morgan fingerprint density at radius 3 is 2.89 bits per heavy atom. The molecule has 27 heavy (non-hydrogen) atoms. The standard InChI is InChI=1S/C18H14ClN5O2S/c1-26-15-7-6-12(19)8-11(15)9-27-18-22-14-5-3-2-4-13(14)16(25)24(18)17-20-10-21-23-17/h2-8,10H,9H2,1H3,(H,20,21,23). The van der Waals surface area contributed by atoms with Gasteiger partial charge in [0, 0.05) is 16.3 Å². The average molecular weight is 400 g/mol. The van der Waals surface area contributed by atoms with Crippen LogP contribution < -0.4 is 10.3 Å². The van der Waals surface area contributed by atoms with E-state index in [1.165, 1.54) is 22.7 Å². The highest BCUT2D eigenvalue weighted by molar-refractivity contribution is 7.98. The van der Waals surface area contributed by atoms with E-state index in [9.17, 15) is 4.79 Å². The van der Waals surface area contributed by atoms with Gasteiger partial charge in [-0.05, 0) is 30.3 Å². The molecule has 0 spiro atoms. The van der Waals surface area contributed by atoms with Gasteiger partial charge in [0.05, 0.1) is 18.0 Å². The average Bonchev–Trinajstić information content (AvgIpc) is 3.21. The van der Waals surface area contributed by atoms with Crippen LogP contribution in [-0.4, -0.2) is 31.8 Å². The Bertz CT molecular complexity index is 1160.